The molecule has 0 spiro atoms. The molecule has 3 atom stereocenters. The van der Waals surface area contributed by atoms with Crippen LogP contribution in [0, 0.1) is 17.3 Å². The van der Waals surface area contributed by atoms with Crippen LogP contribution in [-0.2, 0) is 6.54 Å². The van der Waals surface area contributed by atoms with Gasteiger partial charge < -0.3 is 10.8 Å². The van der Waals surface area contributed by atoms with Gasteiger partial charge in [0.25, 0.3) is 0 Å². The molecule has 2 aromatic heterocycles. The van der Waals surface area contributed by atoms with E-state index in [1.807, 2.05) is 6.92 Å². The molecule has 0 aromatic carbocycles. The fourth-order valence-electron chi connectivity index (χ4n) is 3.32. The van der Waals surface area contributed by atoms with E-state index < -0.39 is 0 Å². The van der Waals surface area contributed by atoms with Crippen LogP contribution in [0.4, 0.5) is 5.82 Å². The fourth-order valence-corrected chi connectivity index (χ4v) is 3.32. The molecule has 1 aliphatic carbocycles. The maximum atomic E-state index is 9.79. The number of nitrogens with zero attached hydrogens (tertiary/aromatic N) is 5. The van der Waals surface area contributed by atoms with Crippen molar-refractivity contribution in [2.75, 3.05) is 5.73 Å². The predicted octanol–water partition coefficient (Wildman–Crippen LogP) is 0.847. The molecule has 0 unspecified atom stereocenters. The van der Waals surface area contributed by atoms with Crippen molar-refractivity contribution < 1.29 is 5.11 Å². The van der Waals surface area contributed by atoms with Crippen LogP contribution < -0.4 is 5.73 Å². The van der Waals surface area contributed by atoms with Gasteiger partial charge in [0.05, 0.1) is 6.10 Å². The topological polar surface area (TPSA) is 103 Å². The fraction of sp³-hybridized carbons (Fsp3) is 0.692. The van der Waals surface area contributed by atoms with Crippen LogP contribution >= 0.6 is 0 Å². The highest BCUT2D eigenvalue weighted by molar-refractivity contribution is 5.80. The Balaban J connectivity index is 1.83. The van der Waals surface area contributed by atoms with E-state index in [4.69, 9.17) is 5.73 Å². The van der Waals surface area contributed by atoms with E-state index in [1.165, 1.54) is 6.33 Å². The molecule has 7 heteroatoms. The number of fused-ring (bicyclic) bond motifs is 1. The summed E-state index contributed by atoms with van der Waals surface area (Å²) in [6, 6.07) is 0. The molecule has 0 saturated heterocycles. The molecule has 108 valence electrons. The number of hydrogen-bond acceptors (Lipinski definition) is 6. The van der Waals surface area contributed by atoms with Gasteiger partial charge in [0.15, 0.2) is 17.0 Å². The Kier molecular flexibility index (Phi) is 2.89. The molecule has 0 amide bonds. The molecule has 3 rings (SSSR count). The average molecular weight is 276 g/mol. The van der Waals surface area contributed by atoms with Gasteiger partial charge in [0, 0.05) is 6.54 Å². The first-order valence-electron chi connectivity index (χ1n) is 6.89. The van der Waals surface area contributed by atoms with Crippen molar-refractivity contribution in [1.82, 2.24) is 25.0 Å². The summed E-state index contributed by atoms with van der Waals surface area (Å²) in [5, 5.41) is 18.0. The van der Waals surface area contributed by atoms with Gasteiger partial charge in [-0.25, -0.2) is 14.6 Å². The Hall–Kier alpha value is -1.76. The number of aliphatic hydroxyl groups is 1. The zero-order valence-corrected chi connectivity index (χ0v) is 12.0. The average Bonchev–Trinajstić information content (AvgIpc) is 2.78. The second-order valence-corrected chi connectivity index (χ2v) is 6.30. The Morgan fingerprint density at radius 2 is 2.25 bits per heavy atom. The van der Waals surface area contributed by atoms with E-state index in [0.29, 0.717) is 28.8 Å². The quantitative estimate of drug-likeness (QED) is 0.861. The third-order valence-electron chi connectivity index (χ3n) is 4.85. The molecule has 7 nitrogen and oxygen atoms in total. The summed E-state index contributed by atoms with van der Waals surface area (Å²) in [5.41, 5.74) is 7.08. The summed E-state index contributed by atoms with van der Waals surface area (Å²) in [5.74, 6) is 1.14. The van der Waals surface area contributed by atoms with Crippen molar-refractivity contribution >= 4 is 17.0 Å². The molecule has 0 aliphatic heterocycles. The van der Waals surface area contributed by atoms with Crippen molar-refractivity contribution in [3.63, 3.8) is 0 Å². The van der Waals surface area contributed by atoms with E-state index in [2.05, 4.69) is 34.1 Å². The van der Waals surface area contributed by atoms with Crippen LogP contribution in [0.1, 0.15) is 27.2 Å². The SMILES string of the molecule is C[C@H](O)[C@@H]1C[C@H](Cn2nnc3c(N)ncnc32)C1(C)C. The maximum Gasteiger partial charge on any atom is 0.183 e. The smallest absolute Gasteiger partial charge is 0.183 e. The molecule has 2 heterocycles. The Morgan fingerprint density at radius 3 is 2.90 bits per heavy atom. The van der Waals surface area contributed by atoms with Crippen LogP contribution in [0.25, 0.3) is 11.2 Å². The minimum atomic E-state index is -0.272. The van der Waals surface area contributed by atoms with E-state index in [1.54, 1.807) is 4.68 Å². The van der Waals surface area contributed by atoms with E-state index in [-0.39, 0.29) is 11.5 Å². The van der Waals surface area contributed by atoms with Gasteiger partial charge in [-0.3, -0.25) is 0 Å². The van der Waals surface area contributed by atoms with Crippen LogP contribution in [0.3, 0.4) is 0 Å². The zero-order valence-electron chi connectivity index (χ0n) is 12.0. The highest BCUT2D eigenvalue weighted by atomic mass is 16.3. The van der Waals surface area contributed by atoms with E-state index in [9.17, 15) is 5.11 Å². The first-order valence-corrected chi connectivity index (χ1v) is 6.89. The van der Waals surface area contributed by atoms with Gasteiger partial charge >= 0.3 is 0 Å². The van der Waals surface area contributed by atoms with Crippen molar-refractivity contribution in [3.8, 4) is 0 Å². The van der Waals surface area contributed by atoms with E-state index in [0.717, 1.165) is 13.0 Å². The number of hydrogen-bond donors (Lipinski definition) is 2. The Labute approximate surface area is 117 Å². The minimum absolute atomic E-state index is 0.0883. The summed E-state index contributed by atoms with van der Waals surface area (Å²) in [4.78, 5) is 8.13. The van der Waals surface area contributed by atoms with Crippen molar-refractivity contribution in [2.24, 2.45) is 17.3 Å². The summed E-state index contributed by atoms with van der Waals surface area (Å²) >= 11 is 0. The largest absolute Gasteiger partial charge is 0.393 e. The van der Waals surface area contributed by atoms with Crippen LogP contribution in [0.2, 0.25) is 0 Å². The zero-order chi connectivity index (χ0) is 14.5. The normalized spacial score (nSPS) is 26.4. The van der Waals surface area contributed by atoms with Crippen LogP contribution in [-0.4, -0.2) is 36.2 Å². The van der Waals surface area contributed by atoms with Gasteiger partial charge in [-0.05, 0) is 30.6 Å². The van der Waals surface area contributed by atoms with E-state index >= 15 is 0 Å². The second-order valence-electron chi connectivity index (χ2n) is 6.30. The summed E-state index contributed by atoms with van der Waals surface area (Å²) in [6.07, 6.45) is 2.15. The molecule has 1 aliphatic rings. The highest BCUT2D eigenvalue weighted by Gasteiger charge is 2.50. The lowest BCUT2D eigenvalue weighted by Crippen LogP contribution is -2.51. The third-order valence-corrected chi connectivity index (χ3v) is 4.85. The van der Waals surface area contributed by atoms with Gasteiger partial charge in [-0.2, -0.15) is 0 Å². The number of anilines is 1. The number of rotatable bonds is 3. The van der Waals surface area contributed by atoms with Gasteiger partial charge in [-0.1, -0.05) is 19.1 Å². The minimum Gasteiger partial charge on any atom is -0.393 e. The molecular weight excluding hydrogens is 256 g/mol. The standard InChI is InChI=1S/C13H20N6O/c1-7(20)9-4-8(13(9,2)3)5-19-12-10(17-18-19)11(14)15-6-16-12/h6-9,20H,4-5H2,1-3H3,(H2,14,15,16)/t7-,8+,9-/m0/s1. The summed E-state index contributed by atoms with van der Waals surface area (Å²) in [6.45, 7) is 6.99. The molecule has 0 bridgehead atoms. The Bertz CT molecular complexity index is 635. The van der Waals surface area contributed by atoms with Crippen LogP contribution in [0.5, 0.6) is 0 Å². The number of nitrogens with two attached hydrogens (primary N) is 1. The Morgan fingerprint density at radius 1 is 1.50 bits per heavy atom. The highest BCUT2D eigenvalue weighted by Crippen LogP contribution is 2.53. The van der Waals surface area contributed by atoms with Gasteiger partial charge in [-0.15, -0.1) is 5.10 Å². The third kappa shape index (κ3) is 1.84. The molecule has 2 aromatic rings. The maximum absolute atomic E-state index is 9.79. The molecule has 0 radical (unpaired) electrons. The molecule has 20 heavy (non-hydrogen) atoms. The predicted molar refractivity (Wildman–Crippen MR) is 74.6 cm³/mol. The van der Waals surface area contributed by atoms with Crippen molar-refractivity contribution in [3.05, 3.63) is 6.33 Å². The first kappa shape index (κ1) is 13.2. The van der Waals surface area contributed by atoms with Crippen molar-refractivity contribution in [1.29, 1.82) is 0 Å². The van der Waals surface area contributed by atoms with Gasteiger partial charge in [0.2, 0.25) is 0 Å². The lowest BCUT2D eigenvalue weighted by molar-refractivity contribution is -0.0946. The van der Waals surface area contributed by atoms with Crippen LogP contribution in [0.15, 0.2) is 6.33 Å². The number of aromatic nitrogens is 5. The number of aliphatic hydroxyl groups excluding tert-OH is 1. The van der Waals surface area contributed by atoms with Crippen molar-refractivity contribution in [2.45, 2.75) is 39.8 Å². The first-order chi connectivity index (χ1) is 9.41. The molecular formula is C13H20N6O. The molecule has 1 fully saturated rings. The number of nitrogen functional groups attached to an aromatic ring is 1. The lowest BCUT2D eigenvalue weighted by Gasteiger charge is -2.53. The molecule has 1 saturated carbocycles. The summed E-state index contributed by atoms with van der Waals surface area (Å²) in [7, 11) is 0. The monoisotopic (exact) mass is 276 g/mol. The lowest BCUT2D eigenvalue weighted by atomic mass is 9.53. The summed E-state index contributed by atoms with van der Waals surface area (Å²) < 4.78 is 1.79. The van der Waals surface area contributed by atoms with Gasteiger partial charge in [0.1, 0.15) is 6.33 Å². The molecule has 3 N–H and O–H groups in total. The second kappa shape index (κ2) is 4.37.